The van der Waals surface area contributed by atoms with E-state index in [0.29, 0.717) is 43.9 Å². The van der Waals surface area contributed by atoms with Crippen LogP contribution < -0.4 is 5.32 Å². The molecule has 0 bridgehead atoms. The first-order valence-corrected chi connectivity index (χ1v) is 14.5. The summed E-state index contributed by atoms with van der Waals surface area (Å²) in [5.41, 5.74) is 1.99. The van der Waals surface area contributed by atoms with Gasteiger partial charge in [0.1, 0.15) is 0 Å². The number of rotatable bonds is 15. The molecule has 0 aliphatic heterocycles. The third kappa shape index (κ3) is 7.86. The van der Waals surface area contributed by atoms with Crippen LogP contribution in [0.3, 0.4) is 0 Å². The smallest absolute Gasteiger partial charge is 0.243 e. The number of sulfonamides is 2. The van der Waals surface area contributed by atoms with Gasteiger partial charge in [0, 0.05) is 26.2 Å². The lowest BCUT2D eigenvalue weighted by Gasteiger charge is -2.22. The normalized spacial score (nSPS) is 12.5. The van der Waals surface area contributed by atoms with Crippen LogP contribution in [-0.4, -0.2) is 76.4 Å². The molecule has 0 spiro atoms. The van der Waals surface area contributed by atoms with Crippen LogP contribution in [0.4, 0.5) is 0 Å². The first kappa shape index (κ1) is 28.4. The summed E-state index contributed by atoms with van der Waals surface area (Å²) >= 11 is 0. The summed E-state index contributed by atoms with van der Waals surface area (Å²) in [6.45, 7) is 7.70. The summed E-state index contributed by atoms with van der Waals surface area (Å²) in [5.74, 6) is 0. The summed E-state index contributed by atoms with van der Waals surface area (Å²) in [7, 11) is -7.19. The van der Waals surface area contributed by atoms with Crippen molar-refractivity contribution in [1.82, 2.24) is 13.9 Å². The van der Waals surface area contributed by atoms with Crippen molar-refractivity contribution in [3.63, 3.8) is 0 Å². The zero-order chi connectivity index (χ0) is 25.2. The van der Waals surface area contributed by atoms with E-state index in [0.717, 1.165) is 11.1 Å². The predicted molar refractivity (Wildman–Crippen MR) is 135 cm³/mol. The van der Waals surface area contributed by atoms with E-state index in [4.69, 9.17) is 0 Å². The summed E-state index contributed by atoms with van der Waals surface area (Å²) in [5, 5.41) is 12.6. The standard InChI is InChI=1S/C24H37N3O5S2/c1-4-26(33(29,30)23-11-7-21(2)8-12-23)17-5-15-25-16-6-18-27(19-20-28)34(31,32)24-13-9-22(3)10-14-24/h7-14,25,28H,4-6,15-20H2,1-3H3. The lowest BCUT2D eigenvalue weighted by atomic mass is 10.2. The number of benzene rings is 2. The molecule has 190 valence electrons. The molecule has 2 aromatic rings. The number of nitrogens with zero attached hydrogens (tertiary/aromatic N) is 2. The number of hydrogen-bond donors (Lipinski definition) is 2. The summed E-state index contributed by atoms with van der Waals surface area (Å²) in [6.07, 6.45) is 1.21. The van der Waals surface area contributed by atoms with Crippen molar-refractivity contribution in [2.75, 3.05) is 45.9 Å². The van der Waals surface area contributed by atoms with Crippen molar-refractivity contribution >= 4 is 20.0 Å². The van der Waals surface area contributed by atoms with Gasteiger partial charge >= 0.3 is 0 Å². The van der Waals surface area contributed by atoms with Crippen molar-refractivity contribution in [3.05, 3.63) is 59.7 Å². The van der Waals surface area contributed by atoms with E-state index >= 15 is 0 Å². The first-order chi connectivity index (χ1) is 16.1. The Morgan fingerprint density at radius 2 is 1.12 bits per heavy atom. The minimum Gasteiger partial charge on any atom is -0.395 e. The predicted octanol–water partition coefficient (Wildman–Crippen LogP) is 2.37. The van der Waals surface area contributed by atoms with Crippen LogP contribution in [0.25, 0.3) is 0 Å². The van der Waals surface area contributed by atoms with Gasteiger partial charge in [-0.15, -0.1) is 0 Å². The second-order valence-electron chi connectivity index (χ2n) is 8.21. The molecule has 8 nitrogen and oxygen atoms in total. The zero-order valence-corrected chi connectivity index (χ0v) is 21.9. The fourth-order valence-electron chi connectivity index (χ4n) is 3.52. The van der Waals surface area contributed by atoms with Gasteiger partial charge in [0.05, 0.1) is 16.4 Å². The second kappa shape index (κ2) is 13.3. The minimum atomic E-state index is -3.67. The molecule has 0 aliphatic rings. The molecule has 0 radical (unpaired) electrons. The fraction of sp³-hybridized carbons (Fsp3) is 0.500. The number of hydrogen-bond acceptors (Lipinski definition) is 6. The van der Waals surface area contributed by atoms with Crippen molar-refractivity contribution in [2.24, 2.45) is 0 Å². The average Bonchev–Trinajstić information content (AvgIpc) is 2.80. The van der Waals surface area contributed by atoms with Crippen molar-refractivity contribution in [3.8, 4) is 0 Å². The van der Waals surface area contributed by atoms with Crippen LogP contribution in [0, 0.1) is 13.8 Å². The molecular weight excluding hydrogens is 474 g/mol. The Morgan fingerprint density at radius 3 is 1.53 bits per heavy atom. The molecule has 0 saturated heterocycles. The molecule has 2 aromatic carbocycles. The third-order valence-corrected chi connectivity index (χ3v) is 9.44. The number of aliphatic hydroxyl groups is 1. The van der Waals surface area contributed by atoms with Crippen LogP contribution in [0.15, 0.2) is 58.3 Å². The number of aryl methyl sites for hydroxylation is 2. The first-order valence-electron chi connectivity index (χ1n) is 11.6. The molecule has 0 fully saturated rings. The topological polar surface area (TPSA) is 107 Å². The molecule has 2 N–H and O–H groups in total. The van der Waals surface area contributed by atoms with E-state index < -0.39 is 20.0 Å². The summed E-state index contributed by atoms with van der Waals surface area (Å²) in [6, 6.07) is 13.5. The molecule has 0 aliphatic carbocycles. The molecule has 0 heterocycles. The highest BCUT2D eigenvalue weighted by Gasteiger charge is 2.24. The Balaban J connectivity index is 1.79. The Hall–Kier alpha value is -1.82. The highest BCUT2D eigenvalue weighted by atomic mass is 32.2. The van der Waals surface area contributed by atoms with Gasteiger partial charge in [0.2, 0.25) is 20.0 Å². The maximum absolute atomic E-state index is 12.9. The largest absolute Gasteiger partial charge is 0.395 e. The van der Waals surface area contributed by atoms with E-state index in [1.807, 2.05) is 20.8 Å². The van der Waals surface area contributed by atoms with Gasteiger partial charge in [-0.1, -0.05) is 42.3 Å². The van der Waals surface area contributed by atoms with Gasteiger partial charge in [0.15, 0.2) is 0 Å². The Labute approximate surface area is 204 Å². The van der Waals surface area contributed by atoms with E-state index in [1.54, 1.807) is 48.5 Å². The number of aliphatic hydroxyl groups excluding tert-OH is 1. The van der Waals surface area contributed by atoms with Crippen LogP contribution in [0.1, 0.15) is 30.9 Å². The van der Waals surface area contributed by atoms with E-state index in [9.17, 15) is 21.9 Å². The average molecular weight is 512 g/mol. The molecule has 10 heteroatoms. The van der Waals surface area contributed by atoms with Gasteiger partial charge in [-0.2, -0.15) is 8.61 Å². The third-order valence-electron chi connectivity index (χ3n) is 5.54. The van der Waals surface area contributed by atoms with Crippen LogP contribution in [0.5, 0.6) is 0 Å². The molecular formula is C24H37N3O5S2. The Bertz CT molecular complexity index is 1090. The van der Waals surface area contributed by atoms with E-state index in [2.05, 4.69) is 5.32 Å². The monoisotopic (exact) mass is 511 g/mol. The van der Waals surface area contributed by atoms with Crippen molar-refractivity contribution in [2.45, 2.75) is 43.4 Å². The zero-order valence-electron chi connectivity index (χ0n) is 20.3. The van der Waals surface area contributed by atoms with Crippen LogP contribution in [-0.2, 0) is 20.0 Å². The SMILES string of the molecule is CCN(CCCNCCCN(CCO)S(=O)(=O)c1ccc(C)cc1)S(=O)(=O)c1ccc(C)cc1. The van der Waals surface area contributed by atoms with E-state index in [1.165, 1.54) is 8.61 Å². The molecule has 0 amide bonds. The van der Waals surface area contributed by atoms with Crippen molar-refractivity contribution < 1.29 is 21.9 Å². The van der Waals surface area contributed by atoms with Gasteiger partial charge in [-0.05, 0) is 64.0 Å². The lowest BCUT2D eigenvalue weighted by molar-refractivity contribution is 0.252. The fourth-order valence-corrected chi connectivity index (χ4v) is 6.47. The van der Waals surface area contributed by atoms with Gasteiger partial charge in [-0.3, -0.25) is 0 Å². The van der Waals surface area contributed by atoms with Gasteiger partial charge < -0.3 is 10.4 Å². The highest BCUT2D eigenvalue weighted by Crippen LogP contribution is 2.17. The van der Waals surface area contributed by atoms with Crippen LogP contribution >= 0.6 is 0 Å². The summed E-state index contributed by atoms with van der Waals surface area (Å²) < 4.78 is 54.2. The Morgan fingerprint density at radius 1 is 0.706 bits per heavy atom. The van der Waals surface area contributed by atoms with Gasteiger partial charge in [0.25, 0.3) is 0 Å². The quantitative estimate of drug-likeness (QED) is 0.356. The number of nitrogens with one attached hydrogen (secondary N) is 1. The highest BCUT2D eigenvalue weighted by molar-refractivity contribution is 7.89. The molecule has 0 unspecified atom stereocenters. The lowest BCUT2D eigenvalue weighted by Crippen LogP contribution is -2.36. The van der Waals surface area contributed by atoms with Gasteiger partial charge in [-0.25, -0.2) is 16.8 Å². The molecule has 34 heavy (non-hydrogen) atoms. The Kier molecular flexibility index (Phi) is 11.1. The molecule has 0 atom stereocenters. The molecule has 2 rings (SSSR count). The minimum absolute atomic E-state index is 0.0402. The van der Waals surface area contributed by atoms with E-state index in [-0.39, 0.29) is 24.6 Å². The molecule has 0 aromatic heterocycles. The summed E-state index contributed by atoms with van der Waals surface area (Å²) in [4.78, 5) is 0.514. The maximum Gasteiger partial charge on any atom is 0.243 e. The maximum atomic E-state index is 12.9. The van der Waals surface area contributed by atoms with Crippen molar-refractivity contribution in [1.29, 1.82) is 0 Å². The second-order valence-corrected chi connectivity index (χ2v) is 12.1. The van der Waals surface area contributed by atoms with Crippen LogP contribution in [0.2, 0.25) is 0 Å². The molecule has 0 saturated carbocycles.